The average Bonchev–Trinajstić information content (AvgIpc) is 2.44. The molecule has 1 atom stereocenters. The zero-order chi connectivity index (χ0) is 13.9. The van der Waals surface area contributed by atoms with Crippen LogP contribution in [0.15, 0.2) is 0 Å². The lowest BCUT2D eigenvalue weighted by atomic mass is 9.81. The summed E-state index contributed by atoms with van der Waals surface area (Å²) in [6.07, 6.45) is 2.08. The van der Waals surface area contributed by atoms with Crippen molar-refractivity contribution in [2.24, 2.45) is 12.5 Å². The van der Waals surface area contributed by atoms with Crippen molar-refractivity contribution < 1.29 is 0 Å². The molecule has 0 bridgehead atoms. The topological polar surface area (TPSA) is 29.9 Å². The molecule has 0 aliphatic rings. The van der Waals surface area contributed by atoms with Gasteiger partial charge in [-0.2, -0.15) is 5.10 Å². The van der Waals surface area contributed by atoms with Crippen molar-refractivity contribution in [2.45, 2.75) is 53.5 Å². The number of halogens is 1. The third-order valence-corrected chi connectivity index (χ3v) is 3.81. The molecule has 0 fully saturated rings. The fraction of sp³-hybridized carbons (Fsp3) is 0.786. The Labute approximate surface area is 116 Å². The molecule has 0 aliphatic heterocycles. The maximum atomic E-state index is 6.32. The van der Waals surface area contributed by atoms with Crippen molar-refractivity contribution in [3.63, 3.8) is 0 Å². The predicted molar refractivity (Wildman–Crippen MR) is 78.2 cm³/mol. The fourth-order valence-corrected chi connectivity index (χ4v) is 2.87. The van der Waals surface area contributed by atoms with Crippen molar-refractivity contribution in [1.29, 1.82) is 0 Å². The van der Waals surface area contributed by atoms with Crippen LogP contribution in [0.25, 0.3) is 0 Å². The Morgan fingerprint density at radius 3 is 2.50 bits per heavy atom. The molecule has 0 aromatic carbocycles. The lowest BCUT2D eigenvalue weighted by Gasteiger charge is -2.28. The summed E-state index contributed by atoms with van der Waals surface area (Å²) in [6.45, 7) is 11.9. The molecule has 1 N–H and O–H groups in total. The van der Waals surface area contributed by atoms with E-state index < -0.39 is 0 Å². The summed E-state index contributed by atoms with van der Waals surface area (Å²) < 4.78 is 1.91. The van der Waals surface area contributed by atoms with Crippen LogP contribution in [0.1, 0.15) is 45.5 Å². The normalized spacial score (nSPS) is 13.9. The largest absolute Gasteiger partial charge is 0.315 e. The molecule has 1 unspecified atom stereocenters. The third-order valence-electron chi connectivity index (χ3n) is 3.32. The Hall–Kier alpha value is -0.540. The molecule has 104 valence electrons. The highest BCUT2D eigenvalue weighted by atomic mass is 35.5. The van der Waals surface area contributed by atoms with Gasteiger partial charge in [0.15, 0.2) is 0 Å². The highest BCUT2D eigenvalue weighted by Crippen LogP contribution is 2.31. The van der Waals surface area contributed by atoms with Crippen LogP contribution in [0, 0.1) is 12.3 Å². The molecule has 0 spiro atoms. The molecule has 0 saturated heterocycles. The molecule has 0 aliphatic carbocycles. The maximum absolute atomic E-state index is 6.32. The van der Waals surface area contributed by atoms with E-state index in [0.717, 1.165) is 35.8 Å². The minimum Gasteiger partial charge on any atom is -0.315 e. The first kappa shape index (κ1) is 15.5. The van der Waals surface area contributed by atoms with Crippen LogP contribution in [0.4, 0.5) is 0 Å². The van der Waals surface area contributed by atoms with Crippen LogP contribution >= 0.6 is 11.6 Å². The lowest BCUT2D eigenvalue weighted by Crippen LogP contribution is -2.32. The molecule has 3 nitrogen and oxygen atoms in total. The van der Waals surface area contributed by atoms with E-state index in [4.69, 9.17) is 11.6 Å². The van der Waals surface area contributed by atoms with Gasteiger partial charge in [0.1, 0.15) is 0 Å². The van der Waals surface area contributed by atoms with E-state index in [2.05, 4.69) is 38.1 Å². The summed E-state index contributed by atoms with van der Waals surface area (Å²) in [7, 11) is 1.97. The molecular weight excluding hydrogens is 246 g/mol. The summed E-state index contributed by atoms with van der Waals surface area (Å²) >= 11 is 6.32. The van der Waals surface area contributed by atoms with Crippen LogP contribution in [-0.4, -0.2) is 22.4 Å². The van der Waals surface area contributed by atoms with Crippen molar-refractivity contribution in [3.05, 3.63) is 16.4 Å². The summed E-state index contributed by atoms with van der Waals surface area (Å²) in [5.41, 5.74) is 2.28. The molecule has 0 saturated carbocycles. The van der Waals surface area contributed by atoms with E-state index in [9.17, 15) is 0 Å². The molecule has 0 amide bonds. The Bertz CT molecular complexity index is 396. The van der Waals surface area contributed by atoms with Crippen LogP contribution in [0.2, 0.25) is 5.02 Å². The van der Waals surface area contributed by atoms with E-state index >= 15 is 0 Å². The summed E-state index contributed by atoms with van der Waals surface area (Å²) in [4.78, 5) is 0. The minimum absolute atomic E-state index is 0.214. The molecule has 1 heterocycles. The van der Waals surface area contributed by atoms with Gasteiger partial charge in [0.2, 0.25) is 0 Å². The quantitative estimate of drug-likeness (QED) is 0.860. The van der Waals surface area contributed by atoms with Gasteiger partial charge in [0.25, 0.3) is 0 Å². The second-order valence-corrected chi connectivity index (χ2v) is 6.35. The number of aromatic nitrogens is 2. The lowest BCUT2D eigenvalue weighted by molar-refractivity contribution is 0.283. The molecule has 18 heavy (non-hydrogen) atoms. The van der Waals surface area contributed by atoms with Gasteiger partial charge in [-0.05, 0) is 38.6 Å². The third kappa shape index (κ3) is 3.99. The van der Waals surface area contributed by atoms with Gasteiger partial charge in [-0.1, -0.05) is 32.4 Å². The van der Waals surface area contributed by atoms with Crippen LogP contribution < -0.4 is 5.32 Å². The number of rotatable bonds is 6. The zero-order valence-corrected chi connectivity index (χ0v) is 13.2. The van der Waals surface area contributed by atoms with E-state index in [1.165, 1.54) is 0 Å². The van der Waals surface area contributed by atoms with E-state index in [1.807, 2.05) is 18.7 Å². The van der Waals surface area contributed by atoms with E-state index in [1.54, 1.807) is 0 Å². The molecular formula is C14H26ClN3. The number of hydrogen-bond acceptors (Lipinski definition) is 2. The number of nitrogens with zero attached hydrogens (tertiary/aromatic N) is 2. The van der Waals surface area contributed by atoms with Gasteiger partial charge < -0.3 is 5.32 Å². The number of aryl methyl sites for hydroxylation is 2. The Morgan fingerprint density at radius 1 is 1.44 bits per heavy atom. The van der Waals surface area contributed by atoms with Crippen molar-refractivity contribution in [3.8, 4) is 0 Å². The first-order valence-corrected chi connectivity index (χ1v) is 7.06. The Morgan fingerprint density at radius 2 is 2.06 bits per heavy atom. The number of hydrogen-bond donors (Lipinski definition) is 1. The van der Waals surface area contributed by atoms with Crippen molar-refractivity contribution in [2.75, 3.05) is 6.54 Å². The average molecular weight is 272 g/mol. The Balaban J connectivity index is 2.75. The molecule has 1 rings (SSSR count). The molecule has 0 radical (unpaired) electrons. The highest BCUT2D eigenvalue weighted by Gasteiger charge is 2.25. The van der Waals surface area contributed by atoms with Gasteiger partial charge >= 0.3 is 0 Å². The second kappa shape index (κ2) is 6.07. The first-order valence-electron chi connectivity index (χ1n) is 6.68. The van der Waals surface area contributed by atoms with Gasteiger partial charge in [0, 0.05) is 13.1 Å². The second-order valence-electron chi connectivity index (χ2n) is 5.97. The predicted octanol–water partition coefficient (Wildman–Crippen LogP) is 3.34. The number of nitrogens with one attached hydrogen (secondary N) is 1. The van der Waals surface area contributed by atoms with Gasteiger partial charge in [-0.25, -0.2) is 0 Å². The van der Waals surface area contributed by atoms with Crippen LogP contribution in [0.3, 0.4) is 0 Å². The fourth-order valence-electron chi connectivity index (χ4n) is 2.65. The SMILES string of the molecule is CCNC(C)CC(C)(C)Cc1c(Cl)c(C)nn1C. The standard InChI is InChI=1S/C14H26ClN3/c1-7-16-10(2)8-14(4,5)9-12-13(15)11(3)17-18(12)6/h10,16H,7-9H2,1-6H3. The van der Waals surface area contributed by atoms with E-state index in [-0.39, 0.29) is 5.41 Å². The van der Waals surface area contributed by atoms with E-state index in [0.29, 0.717) is 6.04 Å². The molecule has 1 aromatic rings. The minimum atomic E-state index is 0.214. The maximum Gasteiger partial charge on any atom is 0.0847 e. The van der Waals surface area contributed by atoms with Crippen LogP contribution in [0.5, 0.6) is 0 Å². The van der Waals surface area contributed by atoms with Gasteiger partial charge in [-0.3, -0.25) is 4.68 Å². The summed E-state index contributed by atoms with van der Waals surface area (Å²) in [6, 6.07) is 0.526. The van der Waals surface area contributed by atoms with Gasteiger partial charge in [0.05, 0.1) is 16.4 Å². The summed E-state index contributed by atoms with van der Waals surface area (Å²) in [5.74, 6) is 0. The smallest absolute Gasteiger partial charge is 0.0847 e. The van der Waals surface area contributed by atoms with Crippen molar-refractivity contribution in [1.82, 2.24) is 15.1 Å². The zero-order valence-electron chi connectivity index (χ0n) is 12.5. The Kier molecular flexibility index (Phi) is 5.23. The monoisotopic (exact) mass is 271 g/mol. The first-order chi connectivity index (χ1) is 8.26. The van der Waals surface area contributed by atoms with Crippen molar-refractivity contribution >= 4 is 11.6 Å². The molecule has 4 heteroatoms. The van der Waals surface area contributed by atoms with Gasteiger partial charge in [-0.15, -0.1) is 0 Å². The van der Waals surface area contributed by atoms with Crippen LogP contribution in [-0.2, 0) is 13.5 Å². The summed E-state index contributed by atoms with van der Waals surface area (Å²) in [5, 5.41) is 8.67. The highest BCUT2D eigenvalue weighted by molar-refractivity contribution is 6.31. The molecule has 1 aromatic heterocycles.